The Bertz CT molecular complexity index is 894. The van der Waals surface area contributed by atoms with Crippen LogP contribution in [0, 0.1) is 0 Å². The molecule has 2 aromatic carbocycles. The number of halogens is 2. The van der Waals surface area contributed by atoms with Gasteiger partial charge in [0.1, 0.15) is 5.75 Å². The fourth-order valence-electron chi connectivity index (χ4n) is 2.13. The number of carboxylic acid groups (broad SMARTS) is 1. The van der Waals surface area contributed by atoms with Gasteiger partial charge >= 0.3 is 5.97 Å². The molecule has 0 aliphatic rings. The van der Waals surface area contributed by atoms with Crippen molar-refractivity contribution in [3.8, 4) is 17.2 Å². The molecular formula is C18H16Br2N2O6. The molecule has 2 rings (SSSR count). The van der Waals surface area contributed by atoms with Gasteiger partial charge < -0.3 is 19.3 Å². The van der Waals surface area contributed by atoms with E-state index in [0.717, 1.165) is 0 Å². The number of nitrogens with one attached hydrogen (secondary N) is 1. The lowest BCUT2D eigenvalue weighted by Gasteiger charge is -2.09. The molecule has 0 aliphatic heterocycles. The molecule has 0 spiro atoms. The molecule has 0 saturated carbocycles. The summed E-state index contributed by atoms with van der Waals surface area (Å²) in [6.07, 6.45) is 1.44. The lowest BCUT2D eigenvalue weighted by Crippen LogP contribution is -2.17. The van der Waals surface area contributed by atoms with E-state index in [1.807, 2.05) is 0 Å². The molecule has 28 heavy (non-hydrogen) atoms. The molecule has 0 radical (unpaired) electrons. The molecule has 10 heteroatoms. The SMILES string of the molecule is COc1ccc(C(=O)N/N=C/c2cc(Br)c(OCC(=O)O)c(Br)c2)cc1OC. The van der Waals surface area contributed by atoms with Crippen molar-refractivity contribution in [2.45, 2.75) is 0 Å². The van der Waals surface area contributed by atoms with Crippen molar-refractivity contribution in [1.29, 1.82) is 0 Å². The maximum absolute atomic E-state index is 12.2. The zero-order chi connectivity index (χ0) is 20.7. The minimum absolute atomic E-state index is 0.355. The molecule has 0 atom stereocenters. The quantitative estimate of drug-likeness (QED) is 0.412. The number of amides is 1. The summed E-state index contributed by atoms with van der Waals surface area (Å²) in [5, 5.41) is 12.6. The topological polar surface area (TPSA) is 106 Å². The van der Waals surface area contributed by atoms with Crippen LogP contribution < -0.4 is 19.6 Å². The molecule has 0 fully saturated rings. The van der Waals surface area contributed by atoms with Gasteiger partial charge in [-0.1, -0.05) is 0 Å². The fraction of sp³-hybridized carbons (Fsp3) is 0.167. The molecule has 8 nitrogen and oxygen atoms in total. The standard InChI is InChI=1S/C18H16Br2N2O6/c1-26-14-4-3-11(7-15(14)27-2)18(25)22-21-8-10-5-12(19)17(13(20)6-10)28-9-16(23)24/h3-8H,9H2,1-2H3,(H,22,25)(H,23,24)/b21-8+. The van der Waals surface area contributed by atoms with Crippen LogP contribution in [0.5, 0.6) is 17.2 Å². The van der Waals surface area contributed by atoms with Gasteiger partial charge in [0.2, 0.25) is 0 Å². The summed E-state index contributed by atoms with van der Waals surface area (Å²) < 4.78 is 16.6. The van der Waals surface area contributed by atoms with Gasteiger partial charge in [0.15, 0.2) is 18.1 Å². The van der Waals surface area contributed by atoms with Crippen molar-refractivity contribution in [2.24, 2.45) is 5.10 Å². The van der Waals surface area contributed by atoms with E-state index in [0.29, 0.717) is 37.3 Å². The lowest BCUT2D eigenvalue weighted by atomic mass is 10.2. The number of hydrazone groups is 1. The first-order valence-corrected chi connectivity index (χ1v) is 9.33. The number of carbonyl (C=O) groups is 2. The number of hydrogen-bond acceptors (Lipinski definition) is 6. The van der Waals surface area contributed by atoms with Crippen LogP contribution in [0.3, 0.4) is 0 Å². The summed E-state index contributed by atoms with van der Waals surface area (Å²) in [6.45, 7) is -0.466. The molecule has 2 aromatic rings. The number of ether oxygens (including phenoxy) is 3. The Balaban J connectivity index is 2.08. The molecule has 0 aromatic heterocycles. The van der Waals surface area contributed by atoms with Gasteiger partial charge in [0.05, 0.1) is 29.4 Å². The Morgan fingerprint density at radius 1 is 1.11 bits per heavy atom. The summed E-state index contributed by atoms with van der Waals surface area (Å²) in [7, 11) is 2.99. The van der Waals surface area contributed by atoms with Crippen molar-refractivity contribution in [3.05, 3.63) is 50.4 Å². The van der Waals surface area contributed by atoms with Gasteiger partial charge in [-0.3, -0.25) is 4.79 Å². The maximum atomic E-state index is 12.2. The highest BCUT2D eigenvalue weighted by Gasteiger charge is 2.11. The van der Waals surface area contributed by atoms with Crippen LogP contribution in [0.15, 0.2) is 44.4 Å². The summed E-state index contributed by atoms with van der Waals surface area (Å²) in [6, 6.07) is 8.11. The molecule has 0 aliphatic carbocycles. The largest absolute Gasteiger partial charge is 0.493 e. The summed E-state index contributed by atoms with van der Waals surface area (Å²) in [4.78, 5) is 22.9. The molecule has 0 saturated heterocycles. The average Bonchev–Trinajstić information content (AvgIpc) is 2.66. The fourth-order valence-corrected chi connectivity index (χ4v) is 3.58. The minimum Gasteiger partial charge on any atom is -0.493 e. The van der Waals surface area contributed by atoms with Crippen molar-refractivity contribution >= 4 is 50.0 Å². The lowest BCUT2D eigenvalue weighted by molar-refractivity contribution is -0.139. The number of nitrogens with zero attached hydrogens (tertiary/aromatic N) is 1. The first-order valence-electron chi connectivity index (χ1n) is 7.74. The predicted octanol–water partition coefficient (Wildman–Crippen LogP) is 3.46. The van der Waals surface area contributed by atoms with E-state index in [1.54, 1.807) is 30.3 Å². The monoisotopic (exact) mass is 514 g/mol. The van der Waals surface area contributed by atoms with Crippen LogP contribution in [0.1, 0.15) is 15.9 Å². The number of methoxy groups -OCH3 is 2. The molecule has 0 bridgehead atoms. The number of carbonyl (C=O) groups excluding carboxylic acids is 1. The highest BCUT2D eigenvalue weighted by atomic mass is 79.9. The highest BCUT2D eigenvalue weighted by molar-refractivity contribution is 9.11. The van der Waals surface area contributed by atoms with Crippen molar-refractivity contribution in [2.75, 3.05) is 20.8 Å². The highest BCUT2D eigenvalue weighted by Crippen LogP contribution is 2.34. The van der Waals surface area contributed by atoms with Crippen LogP contribution in [0.4, 0.5) is 0 Å². The van der Waals surface area contributed by atoms with E-state index in [4.69, 9.17) is 19.3 Å². The Morgan fingerprint density at radius 2 is 1.75 bits per heavy atom. The second-order valence-corrected chi connectivity index (χ2v) is 6.97. The Hall–Kier alpha value is -2.59. The third-order valence-electron chi connectivity index (χ3n) is 3.39. The van der Waals surface area contributed by atoms with Crippen molar-refractivity contribution < 1.29 is 28.9 Å². The van der Waals surface area contributed by atoms with Gasteiger partial charge in [0, 0.05) is 5.56 Å². The van der Waals surface area contributed by atoms with E-state index in [1.165, 1.54) is 20.4 Å². The van der Waals surface area contributed by atoms with E-state index in [-0.39, 0.29) is 0 Å². The minimum atomic E-state index is -1.08. The second kappa shape index (κ2) is 10.1. The van der Waals surface area contributed by atoms with Crippen LogP contribution in [-0.4, -0.2) is 44.0 Å². The Labute approximate surface area is 177 Å². The normalized spacial score (nSPS) is 10.6. The smallest absolute Gasteiger partial charge is 0.341 e. The van der Waals surface area contributed by atoms with Gasteiger partial charge in [-0.05, 0) is 67.8 Å². The summed E-state index contributed by atoms with van der Waals surface area (Å²) in [5.41, 5.74) is 3.43. The maximum Gasteiger partial charge on any atom is 0.341 e. The third kappa shape index (κ3) is 5.70. The number of carboxylic acids is 1. The Morgan fingerprint density at radius 3 is 2.32 bits per heavy atom. The van der Waals surface area contributed by atoms with Gasteiger partial charge in [-0.25, -0.2) is 10.2 Å². The van der Waals surface area contributed by atoms with E-state index < -0.39 is 18.5 Å². The third-order valence-corrected chi connectivity index (χ3v) is 4.56. The second-order valence-electron chi connectivity index (χ2n) is 5.26. The zero-order valence-corrected chi connectivity index (χ0v) is 18.0. The predicted molar refractivity (Wildman–Crippen MR) is 110 cm³/mol. The van der Waals surface area contributed by atoms with Gasteiger partial charge in [-0.15, -0.1) is 0 Å². The molecular weight excluding hydrogens is 500 g/mol. The molecule has 2 N–H and O–H groups in total. The van der Waals surface area contributed by atoms with Crippen LogP contribution in [0.25, 0.3) is 0 Å². The van der Waals surface area contributed by atoms with Crippen LogP contribution in [-0.2, 0) is 4.79 Å². The number of rotatable bonds is 8. The van der Waals surface area contributed by atoms with Crippen LogP contribution >= 0.6 is 31.9 Å². The number of hydrogen-bond donors (Lipinski definition) is 2. The van der Waals surface area contributed by atoms with E-state index in [2.05, 4.69) is 42.4 Å². The molecule has 0 unspecified atom stereocenters. The zero-order valence-electron chi connectivity index (χ0n) is 14.9. The van der Waals surface area contributed by atoms with E-state index >= 15 is 0 Å². The van der Waals surface area contributed by atoms with E-state index in [9.17, 15) is 9.59 Å². The first-order chi connectivity index (χ1) is 13.3. The summed E-state index contributed by atoms with van der Waals surface area (Å²) in [5.74, 6) is -0.195. The van der Waals surface area contributed by atoms with Gasteiger partial charge in [0.25, 0.3) is 5.91 Å². The summed E-state index contributed by atoms with van der Waals surface area (Å²) >= 11 is 6.62. The van der Waals surface area contributed by atoms with Crippen LogP contribution in [0.2, 0.25) is 0 Å². The van der Waals surface area contributed by atoms with Crippen molar-refractivity contribution in [1.82, 2.24) is 5.43 Å². The molecule has 1 amide bonds. The van der Waals surface area contributed by atoms with Gasteiger partial charge in [-0.2, -0.15) is 5.10 Å². The molecule has 148 valence electrons. The first kappa shape index (κ1) is 21.7. The number of benzene rings is 2. The number of aliphatic carboxylic acids is 1. The average molecular weight is 516 g/mol. The van der Waals surface area contributed by atoms with Crippen molar-refractivity contribution in [3.63, 3.8) is 0 Å². The Kier molecular flexibility index (Phi) is 7.82. The molecule has 0 heterocycles.